The summed E-state index contributed by atoms with van der Waals surface area (Å²) in [6.07, 6.45) is 1.60. The molecule has 0 unspecified atom stereocenters. The first kappa shape index (κ1) is 20.8. The predicted molar refractivity (Wildman–Crippen MR) is 120 cm³/mol. The van der Waals surface area contributed by atoms with Crippen molar-refractivity contribution in [2.45, 2.75) is 10.8 Å². The average Bonchev–Trinajstić information content (AvgIpc) is 2.75. The molecule has 1 N–H and O–H groups in total. The second-order valence-corrected chi connectivity index (χ2v) is 10.1. The van der Waals surface area contributed by atoms with Crippen molar-refractivity contribution < 1.29 is 18.3 Å². The maximum atomic E-state index is 13.1. The topological polar surface area (TPSA) is 90.8 Å². The van der Waals surface area contributed by atoms with Gasteiger partial charge < -0.3 is 10.0 Å². The lowest BCUT2D eigenvalue weighted by molar-refractivity contribution is -0.135. The molecule has 0 radical (unpaired) electrons. The van der Waals surface area contributed by atoms with E-state index >= 15 is 0 Å². The van der Waals surface area contributed by atoms with Gasteiger partial charge in [0.25, 0.3) is 0 Å². The van der Waals surface area contributed by atoms with Crippen LogP contribution in [0, 0.1) is 0 Å². The number of carbonyl (C=O) groups excluding carboxylic acids is 1. The number of aliphatic hydroxyl groups excluding tert-OH is 1. The molecule has 2 saturated heterocycles. The van der Waals surface area contributed by atoms with Crippen molar-refractivity contribution in [2.24, 2.45) is 0 Å². The molecule has 8 heteroatoms. The number of fused-ring (bicyclic) bond motifs is 1. The summed E-state index contributed by atoms with van der Waals surface area (Å²) in [4.78, 5) is 19.0. The number of hydrogen-bond donors (Lipinski definition) is 1. The first-order valence-electron chi connectivity index (χ1n) is 10.5. The Kier molecular flexibility index (Phi) is 5.28. The monoisotopic (exact) mass is 449 g/mol. The van der Waals surface area contributed by atoms with Crippen LogP contribution in [0.5, 0.6) is 0 Å². The Labute approximate surface area is 186 Å². The van der Waals surface area contributed by atoms with E-state index in [0.29, 0.717) is 31.7 Å². The van der Waals surface area contributed by atoms with Gasteiger partial charge in [0.1, 0.15) is 4.90 Å². The molecule has 1 atom stereocenters. The van der Waals surface area contributed by atoms with Crippen LogP contribution >= 0.6 is 0 Å². The number of carbonyl (C=O) groups is 1. The van der Waals surface area contributed by atoms with E-state index in [2.05, 4.69) is 4.98 Å². The third-order valence-electron chi connectivity index (χ3n) is 6.21. The Bertz CT molecular complexity index is 1300. The minimum Gasteiger partial charge on any atom is -0.395 e. The summed E-state index contributed by atoms with van der Waals surface area (Å²) >= 11 is 0. The molecule has 2 fully saturated rings. The summed E-state index contributed by atoms with van der Waals surface area (Å²) in [7, 11) is -3.64. The molecule has 164 valence electrons. The number of likely N-dealkylation sites (tertiary alicyclic amines) is 1. The van der Waals surface area contributed by atoms with Crippen molar-refractivity contribution in [1.82, 2.24) is 14.2 Å². The van der Waals surface area contributed by atoms with Crippen LogP contribution in [0.25, 0.3) is 10.9 Å². The zero-order chi connectivity index (χ0) is 22.3. The first-order chi connectivity index (χ1) is 15.5. The molecule has 1 aromatic heterocycles. The van der Waals surface area contributed by atoms with Crippen molar-refractivity contribution in [2.75, 3.05) is 32.8 Å². The number of benzene rings is 2. The summed E-state index contributed by atoms with van der Waals surface area (Å²) in [5.74, 6) is -0.673. The lowest BCUT2D eigenvalue weighted by Gasteiger charge is -2.42. The van der Waals surface area contributed by atoms with Gasteiger partial charge in [0.15, 0.2) is 0 Å². The van der Waals surface area contributed by atoms with Gasteiger partial charge in [0, 0.05) is 37.8 Å². The van der Waals surface area contributed by atoms with Crippen molar-refractivity contribution in [1.29, 1.82) is 0 Å². The minimum absolute atomic E-state index is 0.103. The van der Waals surface area contributed by atoms with Gasteiger partial charge in [-0.2, -0.15) is 4.31 Å². The number of amides is 1. The smallest absolute Gasteiger partial charge is 0.245 e. The molecule has 0 spiro atoms. The first-order valence-corrected chi connectivity index (χ1v) is 11.9. The van der Waals surface area contributed by atoms with E-state index in [1.54, 1.807) is 29.3 Å². The molecular weight excluding hydrogens is 426 g/mol. The van der Waals surface area contributed by atoms with E-state index in [1.807, 2.05) is 42.5 Å². The van der Waals surface area contributed by atoms with Gasteiger partial charge in [0.2, 0.25) is 15.9 Å². The highest BCUT2D eigenvalue weighted by molar-refractivity contribution is 7.89. The molecule has 2 aliphatic rings. The molecule has 3 aromatic rings. The molecule has 0 bridgehead atoms. The van der Waals surface area contributed by atoms with E-state index in [1.165, 1.54) is 4.31 Å². The van der Waals surface area contributed by atoms with Gasteiger partial charge in [-0.05, 0) is 28.8 Å². The van der Waals surface area contributed by atoms with Crippen molar-refractivity contribution in [3.05, 3.63) is 83.6 Å². The Balaban J connectivity index is 1.26. The number of hydrogen-bond acceptors (Lipinski definition) is 5. The summed E-state index contributed by atoms with van der Waals surface area (Å²) < 4.78 is 27.7. The SMILES string of the molecule is O=C([C@H](CO)c1ccccc1)N1CC(=C2CN(S(=O)(=O)c3cccc4cccnc34)C2)C1. The molecule has 1 amide bonds. The van der Waals surface area contributed by atoms with E-state index in [-0.39, 0.29) is 17.4 Å². The van der Waals surface area contributed by atoms with Crippen LogP contribution in [0.1, 0.15) is 11.5 Å². The summed E-state index contributed by atoms with van der Waals surface area (Å²) in [6, 6.07) is 18.1. The summed E-state index contributed by atoms with van der Waals surface area (Å²) in [5, 5.41) is 10.5. The predicted octanol–water partition coefficient (Wildman–Crippen LogP) is 2.15. The van der Waals surface area contributed by atoms with Crippen LogP contribution in [-0.2, 0) is 14.8 Å². The molecule has 0 saturated carbocycles. The fraction of sp³-hybridized carbons (Fsp3) is 0.250. The molecule has 2 aliphatic heterocycles. The van der Waals surface area contributed by atoms with Gasteiger partial charge in [-0.25, -0.2) is 8.42 Å². The molecular formula is C24H23N3O4S. The maximum absolute atomic E-state index is 13.1. The summed E-state index contributed by atoms with van der Waals surface area (Å²) in [6.45, 7) is 1.41. The van der Waals surface area contributed by atoms with Crippen molar-refractivity contribution in [3.63, 3.8) is 0 Å². The van der Waals surface area contributed by atoms with E-state index in [0.717, 1.165) is 22.1 Å². The molecule has 5 rings (SSSR count). The largest absolute Gasteiger partial charge is 0.395 e. The molecule has 32 heavy (non-hydrogen) atoms. The number of rotatable bonds is 5. The fourth-order valence-corrected chi connectivity index (χ4v) is 5.82. The minimum atomic E-state index is -3.64. The van der Waals surface area contributed by atoms with Crippen LogP contribution in [-0.4, -0.2) is 66.4 Å². The Hall–Kier alpha value is -3.07. The second-order valence-electron chi connectivity index (χ2n) is 8.15. The van der Waals surface area contributed by atoms with Crippen LogP contribution in [0.15, 0.2) is 82.9 Å². The highest BCUT2D eigenvalue weighted by Gasteiger charge is 2.39. The number of para-hydroxylation sites is 1. The molecule has 7 nitrogen and oxygen atoms in total. The average molecular weight is 450 g/mol. The standard InChI is InChI=1S/C24H23N3O4S/c28-16-21(17-6-2-1-3-7-17)24(29)26-12-19(13-26)20-14-27(15-20)32(30,31)22-10-4-8-18-9-5-11-25-23(18)22/h1-11,21,28H,12-16H2/t21-/m1/s1. The van der Waals surface area contributed by atoms with Crippen LogP contribution in [0.4, 0.5) is 0 Å². The normalized spacial score (nSPS) is 17.7. The number of pyridine rings is 1. The van der Waals surface area contributed by atoms with Gasteiger partial charge in [0.05, 0.1) is 18.0 Å². The molecule has 0 aliphatic carbocycles. The number of aliphatic hydroxyl groups is 1. The van der Waals surface area contributed by atoms with Crippen LogP contribution < -0.4 is 0 Å². The highest BCUT2D eigenvalue weighted by atomic mass is 32.2. The lowest BCUT2D eigenvalue weighted by atomic mass is 9.92. The zero-order valence-corrected chi connectivity index (χ0v) is 18.2. The van der Waals surface area contributed by atoms with Gasteiger partial charge in [-0.15, -0.1) is 0 Å². The van der Waals surface area contributed by atoms with E-state index in [4.69, 9.17) is 0 Å². The maximum Gasteiger partial charge on any atom is 0.245 e. The van der Waals surface area contributed by atoms with Gasteiger partial charge in [-0.3, -0.25) is 9.78 Å². The third kappa shape index (κ3) is 3.50. The lowest BCUT2D eigenvalue weighted by Crippen LogP contribution is -2.52. The van der Waals surface area contributed by atoms with Crippen molar-refractivity contribution in [3.8, 4) is 0 Å². The number of sulfonamides is 1. The number of aromatic nitrogens is 1. The Morgan fingerprint density at radius 2 is 1.62 bits per heavy atom. The Morgan fingerprint density at radius 1 is 0.938 bits per heavy atom. The van der Waals surface area contributed by atoms with E-state index < -0.39 is 15.9 Å². The van der Waals surface area contributed by atoms with Crippen molar-refractivity contribution >= 4 is 26.8 Å². The third-order valence-corrected chi connectivity index (χ3v) is 8.03. The highest BCUT2D eigenvalue weighted by Crippen LogP contribution is 2.33. The quantitative estimate of drug-likeness (QED) is 0.603. The van der Waals surface area contributed by atoms with Crippen LogP contribution in [0.2, 0.25) is 0 Å². The summed E-state index contributed by atoms with van der Waals surface area (Å²) in [5.41, 5.74) is 3.44. The molecule has 3 heterocycles. The van der Waals surface area contributed by atoms with E-state index in [9.17, 15) is 18.3 Å². The second kappa shape index (κ2) is 8.12. The van der Waals surface area contributed by atoms with Gasteiger partial charge >= 0.3 is 0 Å². The number of nitrogens with zero attached hydrogens (tertiary/aromatic N) is 3. The zero-order valence-electron chi connectivity index (χ0n) is 17.4. The van der Waals surface area contributed by atoms with Gasteiger partial charge in [-0.1, -0.05) is 48.5 Å². The Morgan fingerprint density at radius 3 is 2.34 bits per heavy atom. The van der Waals surface area contributed by atoms with Crippen LogP contribution in [0.3, 0.4) is 0 Å². The fourth-order valence-electron chi connectivity index (χ4n) is 4.22. The molecule has 2 aromatic carbocycles.